The van der Waals surface area contributed by atoms with Crippen LogP contribution < -0.4 is 5.32 Å². The number of anilines is 1. The molecule has 21 heavy (non-hydrogen) atoms. The van der Waals surface area contributed by atoms with E-state index in [0.717, 1.165) is 0 Å². The number of aromatic nitrogens is 3. The third-order valence-electron chi connectivity index (χ3n) is 2.55. The van der Waals surface area contributed by atoms with E-state index in [2.05, 4.69) is 15.3 Å². The van der Waals surface area contributed by atoms with Crippen molar-refractivity contribution in [1.82, 2.24) is 14.4 Å². The number of carbonyl (C=O) groups excluding carboxylic acids is 1. The Labute approximate surface area is 132 Å². The van der Waals surface area contributed by atoms with E-state index < -0.39 is 5.91 Å². The van der Waals surface area contributed by atoms with Crippen LogP contribution in [-0.4, -0.2) is 20.3 Å². The summed E-state index contributed by atoms with van der Waals surface area (Å²) in [6.45, 7) is 0. The van der Waals surface area contributed by atoms with Gasteiger partial charge in [-0.05, 0) is 6.08 Å². The molecule has 3 heterocycles. The van der Waals surface area contributed by atoms with Gasteiger partial charge in [-0.15, -0.1) is 22.7 Å². The average Bonchev–Trinajstić information content (AvgIpc) is 3.15. The molecule has 0 aromatic carbocycles. The number of nitriles is 1. The number of hydrogen-bond acceptors (Lipinski definition) is 6. The maximum absolute atomic E-state index is 12.0. The number of amides is 1. The van der Waals surface area contributed by atoms with E-state index in [1.54, 1.807) is 22.2 Å². The number of fused-ring (bicyclic) bond motifs is 1. The summed E-state index contributed by atoms with van der Waals surface area (Å²) in [7, 11) is 0. The Hall–Kier alpha value is -2.21. The second-order valence-electron chi connectivity index (χ2n) is 3.80. The number of nitrogens with one attached hydrogen (secondary N) is 1. The fourth-order valence-electron chi connectivity index (χ4n) is 1.64. The first-order valence-electron chi connectivity index (χ1n) is 5.62. The Morgan fingerprint density at radius 1 is 1.48 bits per heavy atom. The molecular weight excluding hydrogens is 330 g/mol. The van der Waals surface area contributed by atoms with Gasteiger partial charge in [0, 0.05) is 23.2 Å². The lowest BCUT2D eigenvalue weighted by Crippen LogP contribution is -2.13. The Morgan fingerprint density at radius 2 is 2.33 bits per heavy atom. The van der Waals surface area contributed by atoms with Gasteiger partial charge < -0.3 is 0 Å². The van der Waals surface area contributed by atoms with Crippen molar-refractivity contribution < 1.29 is 4.79 Å². The zero-order valence-corrected chi connectivity index (χ0v) is 12.7. The van der Waals surface area contributed by atoms with Crippen LogP contribution in [0.1, 0.15) is 5.69 Å². The van der Waals surface area contributed by atoms with Crippen molar-refractivity contribution in [2.75, 3.05) is 5.32 Å². The summed E-state index contributed by atoms with van der Waals surface area (Å²) in [6.07, 6.45) is 4.76. The minimum atomic E-state index is -0.534. The Morgan fingerprint density at radius 3 is 3.05 bits per heavy atom. The Kier molecular flexibility index (Phi) is 3.70. The molecule has 0 unspecified atom stereocenters. The van der Waals surface area contributed by atoms with Crippen molar-refractivity contribution in [3.8, 4) is 6.07 Å². The van der Waals surface area contributed by atoms with Gasteiger partial charge in [0.1, 0.15) is 11.6 Å². The molecule has 1 N–H and O–H groups in total. The number of rotatable bonds is 3. The number of halogens is 1. The van der Waals surface area contributed by atoms with Crippen molar-refractivity contribution in [2.24, 2.45) is 0 Å². The Balaban J connectivity index is 1.95. The summed E-state index contributed by atoms with van der Waals surface area (Å²) in [5.74, 6) is -0.534. The topological polar surface area (TPSA) is 83.1 Å². The molecule has 0 bridgehead atoms. The summed E-state index contributed by atoms with van der Waals surface area (Å²) in [5.41, 5.74) is 0.429. The van der Waals surface area contributed by atoms with E-state index in [4.69, 9.17) is 11.6 Å². The van der Waals surface area contributed by atoms with Gasteiger partial charge in [-0.3, -0.25) is 14.5 Å². The van der Waals surface area contributed by atoms with Gasteiger partial charge in [-0.1, -0.05) is 11.6 Å². The number of imidazole rings is 1. The van der Waals surface area contributed by atoms with Crippen molar-refractivity contribution in [1.29, 1.82) is 5.26 Å². The van der Waals surface area contributed by atoms with E-state index >= 15 is 0 Å². The summed E-state index contributed by atoms with van der Waals surface area (Å²) in [4.78, 5) is 20.8. The molecule has 0 aliphatic rings. The monoisotopic (exact) mass is 335 g/mol. The predicted octanol–water partition coefficient (Wildman–Crippen LogP) is 3.05. The third kappa shape index (κ3) is 2.67. The van der Waals surface area contributed by atoms with Gasteiger partial charge in [0.25, 0.3) is 5.91 Å². The molecule has 3 aromatic heterocycles. The van der Waals surface area contributed by atoms with Gasteiger partial charge >= 0.3 is 0 Å². The molecule has 0 aliphatic heterocycles. The van der Waals surface area contributed by atoms with Crippen LogP contribution in [0.4, 0.5) is 5.13 Å². The van der Waals surface area contributed by atoms with Crippen LogP contribution >= 0.6 is 34.3 Å². The van der Waals surface area contributed by atoms with Gasteiger partial charge in [-0.2, -0.15) is 5.26 Å². The van der Waals surface area contributed by atoms with Crippen LogP contribution in [0.5, 0.6) is 0 Å². The SMILES string of the molecule is N#C/C(=C\c1c(Cl)nc2sccn12)C(=O)Nc1nccs1. The minimum Gasteiger partial charge on any atom is -0.297 e. The smallest absolute Gasteiger partial charge is 0.268 e. The van der Waals surface area contributed by atoms with E-state index in [1.165, 1.54) is 28.7 Å². The van der Waals surface area contributed by atoms with Gasteiger partial charge in [0.15, 0.2) is 15.2 Å². The lowest BCUT2D eigenvalue weighted by Gasteiger charge is -1.99. The highest BCUT2D eigenvalue weighted by atomic mass is 35.5. The van der Waals surface area contributed by atoms with Crippen LogP contribution in [0.15, 0.2) is 28.7 Å². The zero-order chi connectivity index (χ0) is 14.8. The molecule has 0 atom stereocenters. The largest absolute Gasteiger partial charge is 0.297 e. The molecule has 0 radical (unpaired) electrons. The first-order chi connectivity index (χ1) is 10.2. The van der Waals surface area contributed by atoms with Gasteiger partial charge in [0.2, 0.25) is 0 Å². The van der Waals surface area contributed by atoms with Crippen LogP contribution in [0.2, 0.25) is 5.15 Å². The van der Waals surface area contributed by atoms with Crippen molar-refractivity contribution in [3.63, 3.8) is 0 Å². The average molecular weight is 336 g/mol. The molecule has 6 nitrogen and oxygen atoms in total. The first kappa shape index (κ1) is 13.8. The maximum Gasteiger partial charge on any atom is 0.268 e. The van der Waals surface area contributed by atoms with Gasteiger partial charge in [0.05, 0.1) is 5.69 Å². The highest BCUT2D eigenvalue weighted by Crippen LogP contribution is 2.23. The van der Waals surface area contributed by atoms with E-state index in [9.17, 15) is 10.1 Å². The lowest BCUT2D eigenvalue weighted by atomic mass is 10.2. The molecule has 9 heteroatoms. The summed E-state index contributed by atoms with van der Waals surface area (Å²) < 4.78 is 1.72. The van der Waals surface area contributed by atoms with Crippen LogP contribution in [-0.2, 0) is 4.79 Å². The molecule has 0 spiro atoms. The predicted molar refractivity (Wildman–Crippen MR) is 82.4 cm³/mol. The molecule has 0 saturated carbocycles. The van der Waals surface area contributed by atoms with Crippen LogP contribution in [0.25, 0.3) is 11.0 Å². The van der Waals surface area contributed by atoms with Crippen LogP contribution in [0.3, 0.4) is 0 Å². The molecule has 0 saturated heterocycles. The highest BCUT2D eigenvalue weighted by Gasteiger charge is 2.15. The molecule has 1 amide bonds. The maximum atomic E-state index is 12.0. The second-order valence-corrected chi connectivity index (χ2v) is 5.93. The van der Waals surface area contributed by atoms with Crippen molar-refractivity contribution in [3.05, 3.63) is 39.6 Å². The quantitative estimate of drug-likeness (QED) is 0.589. The minimum absolute atomic E-state index is 0.0694. The standard InChI is InChI=1S/C12H6ClN5OS2/c13-9-8(18-2-4-21-12(18)16-9)5-7(6-14)10(19)17-11-15-1-3-20-11/h1-5H,(H,15,17,19)/b7-5+. The molecule has 3 rings (SSSR count). The number of thiazole rings is 2. The Bertz CT molecular complexity index is 871. The molecule has 104 valence electrons. The molecule has 3 aromatic rings. The van der Waals surface area contributed by atoms with Gasteiger partial charge in [-0.25, -0.2) is 9.97 Å². The lowest BCUT2D eigenvalue weighted by molar-refractivity contribution is -0.112. The normalized spacial score (nSPS) is 11.5. The molecular formula is C12H6ClN5OS2. The fraction of sp³-hybridized carbons (Fsp3) is 0. The third-order valence-corrected chi connectivity index (χ3v) is 4.28. The highest BCUT2D eigenvalue weighted by molar-refractivity contribution is 7.15. The second kappa shape index (κ2) is 5.65. The number of carbonyl (C=O) groups is 1. The number of hydrogen-bond donors (Lipinski definition) is 1. The van der Waals surface area contributed by atoms with Crippen molar-refractivity contribution in [2.45, 2.75) is 0 Å². The van der Waals surface area contributed by atoms with E-state index in [0.29, 0.717) is 15.8 Å². The van der Waals surface area contributed by atoms with E-state index in [1.807, 2.05) is 11.4 Å². The summed E-state index contributed by atoms with van der Waals surface area (Å²) in [6, 6.07) is 1.87. The molecule has 0 aliphatic carbocycles. The van der Waals surface area contributed by atoms with Crippen LogP contribution in [0, 0.1) is 11.3 Å². The summed E-state index contributed by atoms with van der Waals surface area (Å²) in [5, 5.41) is 16.0. The fourth-order valence-corrected chi connectivity index (χ4v) is 3.16. The first-order valence-corrected chi connectivity index (χ1v) is 7.76. The zero-order valence-electron chi connectivity index (χ0n) is 10.3. The molecule has 0 fully saturated rings. The summed E-state index contributed by atoms with van der Waals surface area (Å²) >= 11 is 8.72. The van der Waals surface area contributed by atoms with Crippen molar-refractivity contribution >= 4 is 56.4 Å². The number of nitrogens with zero attached hydrogens (tertiary/aromatic N) is 4. The van der Waals surface area contributed by atoms with E-state index in [-0.39, 0.29) is 10.7 Å².